The molecule has 0 aromatic heterocycles. The number of Topliss-reactive ketones (excluding diaryl/α,β-unsaturated/α-hetero) is 4. The van der Waals surface area contributed by atoms with Gasteiger partial charge < -0.3 is 26.2 Å². The predicted molar refractivity (Wildman–Crippen MR) is 122 cm³/mol. The Labute approximate surface area is 200 Å². The van der Waals surface area contributed by atoms with Crippen LogP contribution in [0, 0.1) is 23.7 Å². The molecular weight excluding hydrogens is 458 g/mol. The van der Waals surface area contributed by atoms with Crippen molar-refractivity contribution in [2.45, 2.75) is 38.2 Å². The molecule has 2 saturated carbocycles. The summed E-state index contributed by atoms with van der Waals surface area (Å²) in [6.45, 7) is 3.00. The molecule has 3 aliphatic carbocycles. The number of anilines is 2. The Balaban J connectivity index is 1.90. The summed E-state index contributed by atoms with van der Waals surface area (Å²) in [5, 5.41) is 24.7. The normalized spacial score (nSPS) is 31.9. The van der Waals surface area contributed by atoms with E-state index in [2.05, 4.69) is 5.32 Å². The molecular formula is C24H27N3O8. The maximum Gasteiger partial charge on any atom is 0.235 e. The van der Waals surface area contributed by atoms with E-state index in [4.69, 9.17) is 5.73 Å². The van der Waals surface area contributed by atoms with Crippen molar-refractivity contribution in [2.75, 3.05) is 24.3 Å². The molecule has 0 spiro atoms. The van der Waals surface area contributed by atoms with E-state index < -0.39 is 82.3 Å². The van der Waals surface area contributed by atoms with Crippen molar-refractivity contribution in [3.63, 3.8) is 0 Å². The van der Waals surface area contributed by atoms with E-state index in [-0.39, 0.29) is 17.7 Å². The second-order valence-corrected chi connectivity index (χ2v) is 9.88. The highest BCUT2D eigenvalue weighted by Crippen LogP contribution is 2.56. The van der Waals surface area contributed by atoms with Gasteiger partial charge in [-0.3, -0.25) is 28.8 Å². The fourth-order valence-corrected chi connectivity index (χ4v) is 6.05. The Morgan fingerprint density at radius 1 is 1.17 bits per heavy atom. The van der Waals surface area contributed by atoms with Gasteiger partial charge in [0.05, 0.1) is 17.2 Å². The average molecular weight is 485 g/mol. The molecule has 2 unspecified atom stereocenters. The van der Waals surface area contributed by atoms with Gasteiger partial charge in [-0.25, -0.2) is 0 Å². The number of ketones is 4. The molecule has 35 heavy (non-hydrogen) atoms. The fraction of sp³-hybridized carbons (Fsp3) is 0.500. The van der Waals surface area contributed by atoms with Crippen LogP contribution in [0.15, 0.2) is 6.07 Å². The number of phenolic OH excluding ortho intramolecular Hbond substituents is 1. The van der Waals surface area contributed by atoms with E-state index in [0.717, 1.165) is 0 Å². The summed E-state index contributed by atoms with van der Waals surface area (Å²) in [6, 6.07) is 1.53. The number of aliphatic hydroxyl groups is 1. The number of phenols is 1. The zero-order chi connectivity index (χ0) is 26.1. The Bertz CT molecular complexity index is 1220. The van der Waals surface area contributed by atoms with Crippen LogP contribution in [-0.2, 0) is 24.0 Å². The first-order chi connectivity index (χ1) is 16.2. The maximum atomic E-state index is 13.8. The molecule has 186 valence electrons. The van der Waals surface area contributed by atoms with Crippen molar-refractivity contribution in [1.29, 1.82) is 0 Å². The number of benzene rings is 1. The van der Waals surface area contributed by atoms with Gasteiger partial charge in [0.15, 0.2) is 34.7 Å². The number of fused-ring (bicyclic) bond motifs is 3. The molecule has 0 heterocycles. The van der Waals surface area contributed by atoms with E-state index in [1.54, 1.807) is 25.9 Å². The van der Waals surface area contributed by atoms with Gasteiger partial charge in [-0.05, 0) is 29.9 Å². The molecule has 11 heteroatoms. The third kappa shape index (κ3) is 3.28. The van der Waals surface area contributed by atoms with Gasteiger partial charge in [-0.1, -0.05) is 6.92 Å². The predicted octanol–water partition coefficient (Wildman–Crippen LogP) is -0.0877. The molecule has 2 fully saturated rings. The molecule has 6 atom stereocenters. The molecule has 0 bridgehead atoms. The molecule has 11 nitrogen and oxygen atoms in total. The van der Waals surface area contributed by atoms with Gasteiger partial charge in [-0.2, -0.15) is 0 Å². The molecule has 1 aromatic carbocycles. The first kappa shape index (κ1) is 24.5. The molecule has 0 aliphatic heterocycles. The largest absolute Gasteiger partial charge is 0.505 e. The van der Waals surface area contributed by atoms with Gasteiger partial charge in [0.2, 0.25) is 11.8 Å². The van der Waals surface area contributed by atoms with Crippen LogP contribution >= 0.6 is 0 Å². The first-order valence-electron chi connectivity index (χ1n) is 11.2. The zero-order valence-electron chi connectivity index (χ0n) is 19.7. The molecule has 4 rings (SSSR count). The summed E-state index contributed by atoms with van der Waals surface area (Å²) in [5.41, 5.74) is 3.30. The molecule has 1 aromatic rings. The number of hydrogen-bond acceptors (Lipinski definition) is 9. The highest BCUT2D eigenvalue weighted by atomic mass is 16.3. The summed E-state index contributed by atoms with van der Waals surface area (Å²) in [6.07, 6.45) is -0.394. The first-order valence-corrected chi connectivity index (χ1v) is 11.2. The zero-order valence-corrected chi connectivity index (χ0v) is 19.7. The number of primary amides is 1. The highest BCUT2D eigenvalue weighted by Gasteiger charge is 2.67. The summed E-state index contributed by atoms with van der Waals surface area (Å²) in [7, 11) is 3.45. The van der Waals surface area contributed by atoms with Crippen molar-refractivity contribution in [1.82, 2.24) is 0 Å². The molecule has 2 amide bonds. The SMILES string of the molecule is CC(=O)Nc1cc(N(C)C)c2c(c1O)C(=O)C1C(=O)[C@]3(O)C(=O)C(C(N)=O)C(=O)C[C@@H]3C[C@@H]1[C@H]2C. The fourth-order valence-electron chi connectivity index (χ4n) is 6.05. The lowest BCUT2D eigenvalue weighted by Gasteiger charge is -2.50. The summed E-state index contributed by atoms with van der Waals surface area (Å²) >= 11 is 0. The van der Waals surface area contributed by atoms with Crippen LogP contribution in [-0.4, -0.2) is 64.9 Å². The van der Waals surface area contributed by atoms with Crippen molar-refractivity contribution < 1.29 is 39.0 Å². The van der Waals surface area contributed by atoms with Crippen LogP contribution in [0.1, 0.15) is 48.5 Å². The van der Waals surface area contributed by atoms with Crippen LogP contribution in [0.5, 0.6) is 5.75 Å². The minimum Gasteiger partial charge on any atom is -0.505 e. The Kier molecular flexibility index (Phi) is 5.59. The van der Waals surface area contributed by atoms with Gasteiger partial charge in [0, 0.05) is 39.0 Å². The lowest BCUT2D eigenvalue weighted by atomic mass is 9.52. The van der Waals surface area contributed by atoms with Crippen LogP contribution in [0.2, 0.25) is 0 Å². The van der Waals surface area contributed by atoms with Crippen LogP contribution in [0.3, 0.4) is 0 Å². The van der Waals surface area contributed by atoms with Crippen LogP contribution in [0.4, 0.5) is 11.4 Å². The van der Waals surface area contributed by atoms with E-state index in [1.165, 1.54) is 13.0 Å². The van der Waals surface area contributed by atoms with Crippen molar-refractivity contribution in [2.24, 2.45) is 29.4 Å². The van der Waals surface area contributed by atoms with E-state index >= 15 is 0 Å². The van der Waals surface area contributed by atoms with Crippen molar-refractivity contribution in [3.8, 4) is 5.75 Å². The average Bonchev–Trinajstić information content (AvgIpc) is 2.74. The van der Waals surface area contributed by atoms with Crippen molar-refractivity contribution >= 4 is 46.3 Å². The second-order valence-electron chi connectivity index (χ2n) is 9.88. The molecule has 0 saturated heterocycles. The number of carbonyl (C=O) groups is 6. The van der Waals surface area contributed by atoms with Gasteiger partial charge in [0.1, 0.15) is 5.75 Å². The highest BCUT2D eigenvalue weighted by molar-refractivity contribution is 6.31. The number of nitrogens with zero attached hydrogens (tertiary/aromatic N) is 1. The lowest BCUT2D eigenvalue weighted by Crippen LogP contribution is -2.68. The third-order valence-electron chi connectivity index (χ3n) is 7.66. The number of aromatic hydroxyl groups is 1. The Morgan fingerprint density at radius 2 is 1.80 bits per heavy atom. The van der Waals surface area contributed by atoms with Gasteiger partial charge in [-0.15, -0.1) is 0 Å². The van der Waals surface area contributed by atoms with Crippen molar-refractivity contribution in [3.05, 3.63) is 17.2 Å². The number of rotatable bonds is 3. The van der Waals surface area contributed by atoms with E-state index in [1.807, 2.05) is 0 Å². The Morgan fingerprint density at radius 3 is 2.34 bits per heavy atom. The minimum atomic E-state index is -2.71. The maximum absolute atomic E-state index is 13.8. The molecule has 3 aliphatic rings. The quantitative estimate of drug-likeness (QED) is 0.336. The third-order valence-corrected chi connectivity index (χ3v) is 7.66. The minimum absolute atomic E-state index is 0.00327. The number of nitrogens with two attached hydrogens (primary N) is 1. The Hall–Kier alpha value is -3.60. The molecule has 0 radical (unpaired) electrons. The lowest BCUT2D eigenvalue weighted by molar-refractivity contribution is -0.176. The van der Waals surface area contributed by atoms with Gasteiger partial charge in [0.25, 0.3) is 0 Å². The topological polar surface area (TPSA) is 184 Å². The van der Waals surface area contributed by atoms with Crippen LogP contribution in [0.25, 0.3) is 0 Å². The smallest absolute Gasteiger partial charge is 0.235 e. The summed E-state index contributed by atoms with van der Waals surface area (Å²) < 4.78 is 0. The van der Waals surface area contributed by atoms with E-state index in [9.17, 15) is 39.0 Å². The summed E-state index contributed by atoms with van der Waals surface area (Å²) in [4.78, 5) is 78.0. The second kappa shape index (κ2) is 7.98. The van der Waals surface area contributed by atoms with E-state index in [0.29, 0.717) is 11.3 Å². The van der Waals surface area contributed by atoms with Gasteiger partial charge >= 0.3 is 0 Å². The monoisotopic (exact) mass is 485 g/mol. The number of amides is 2. The number of carbonyl (C=O) groups excluding carboxylic acids is 6. The van der Waals surface area contributed by atoms with Crippen LogP contribution < -0.4 is 16.0 Å². The number of hydrogen-bond donors (Lipinski definition) is 4. The number of nitrogens with one attached hydrogen (secondary N) is 1. The molecule has 5 N–H and O–H groups in total. The summed E-state index contributed by atoms with van der Waals surface area (Å²) in [5.74, 6) is -11.9. The standard InChI is InChI=1S/C24H27N3O8/c1-8-11-5-10-6-14(29)17(23(25)34)22(33)24(10,35)21(32)16(11)20(31)18-15(8)13(27(3)4)7-12(19(18)30)26-9(2)28/h7-8,10-11,16-17,30,35H,5-6H2,1-4H3,(H2,25,34)(H,26,28)/t8-,10+,11-,16?,17?,24+/m1/s1.